The number of pyridine rings is 1. The van der Waals surface area contributed by atoms with E-state index < -0.39 is 5.97 Å². The topological polar surface area (TPSA) is 59.4 Å². The number of carboxylic acid groups (broad SMARTS) is 1. The zero-order valence-corrected chi connectivity index (χ0v) is 11.0. The van der Waals surface area contributed by atoms with Crippen molar-refractivity contribution >= 4 is 17.6 Å². The Balaban J connectivity index is 2.19. The predicted molar refractivity (Wildman–Crippen MR) is 71.7 cm³/mol. The molecule has 0 fully saturated rings. The molecule has 0 spiro atoms. The third-order valence-corrected chi connectivity index (χ3v) is 2.74. The van der Waals surface area contributed by atoms with Crippen molar-refractivity contribution in [3.05, 3.63) is 58.4 Å². The molecule has 1 aromatic heterocycles. The van der Waals surface area contributed by atoms with E-state index in [2.05, 4.69) is 4.98 Å². The monoisotopic (exact) mass is 277 g/mol. The molecule has 1 heterocycles. The fourth-order valence-corrected chi connectivity index (χ4v) is 1.81. The minimum atomic E-state index is -1.05. The van der Waals surface area contributed by atoms with Crippen LogP contribution in [0.1, 0.15) is 21.5 Å². The quantitative estimate of drug-likeness (QED) is 0.931. The third-order valence-electron chi connectivity index (χ3n) is 2.50. The van der Waals surface area contributed by atoms with E-state index in [-0.39, 0.29) is 17.9 Å². The Morgan fingerprint density at radius 2 is 2.16 bits per heavy atom. The second-order valence-corrected chi connectivity index (χ2v) is 4.54. The van der Waals surface area contributed by atoms with E-state index in [4.69, 9.17) is 21.4 Å². The van der Waals surface area contributed by atoms with Crippen molar-refractivity contribution in [2.45, 2.75) is 13.5 Å². The Morgan fingerprint density at radius 1 is 1.37 bits per heavy atom. The summed E-state index contributed by atoms with van der Waals surface area (Å²) < 4.78 is 5.52. The number of aromatic nitrogens is 1. The lowest BCUT2D eigenvalue weighted by molar-refractivity contribution is 0.0692. The Morgan fingerprint density at radius 3 is 2.84 bits per heavy atom. The van der Waals surface area contributed by atoms with Gasteiger partial charge in [0.05, 0.1) is 0 Å². The first-order valence-corrected chi connectivity index (χ1v) is 6.00. The maximum absolute atomic E-state index is 11.1. The zero-order chi connectivity index (χ0) is 13.8. The summed E-state index contributed by atoms with van der Waals surface area (Å²) in [6.07, 6.45) is 3.42. The van der Waals surface area contributed by atoms with Crippen LogP contribution >= 0.6 is 11.6 Å². The van der Waals surface area contributed by atoms with E-state index in [1.807, 2.05) is 13.0 Å². The van der Waals surface area contributed by atoms with Gasteiger partial charge in [-0.15, -0.1) is 0 Å². The summed E-state index contributed by atoms with van der Waals surface area (Å²) in [5.74, 6) is -0.796. The molecular formula is C14H12ClNO3. The van der Waals surface area contributed by atoms with Gasteiger partial charge in [-0.1, -0.05) is 11.6 Å². The van der Waals surface area contributed by atoms with Gasteiger partial charge in [-0.2, -0.15) is 0 Å². The van der Waals surface area contributed by atoms with Gasteiger partial charge in [-0.3, -0.25) is 4.98 Å². The average molecular weight is 278 g/mol. The summed E-state index contributed by atoms with van der Waals surface area (Å²) >= 11 is 5.84. The van der Waals surface area contributed by atoms with Gasteiger partial charge in [-0.25, -0.2) is 4.79 Å². The van der Waals surface area contributed by atoms with E-state index >= 15 is 0 Å². The molecule has 1 aromatic carbocycles. The number of hydrogen-bond acceptors (Lipinski definition) is 3. The lowest BCUT2D eigenvalue weighted by Gasteiger charge is -2.09. The van der Waals surface area contributed by atoms with E-state index in [1.165, 1.54) is 18.2 Å². The first-order chi connectivity index (χ1) is 9.06. The lowest BCUT2D eigenvalue weighted by Crippen LogP contribution is -2.03. The summed E-state index contributed by atoms with van der Waals surface area (Å²) in [5, 5.41) is 9.50. The highest BCUT2D eigenvalue weighted by molar-refractivity contribution is 6.30. The Kier molecular flexibility index (Phi) is 4.02. The molecule has 0 aliphatic heterocycles. The molecule has 0 aliphatic rings. The van der Waals surface area contributed by atoms with Gasteiger partial charge < -0.3 is 9.84 Å². The molecule has 0 saturated heterocycles. The highest BCUT2D eigenvalue weighted by Gasteiger charge is 2.11. The molecule has 0 unspecified atom stereocenters. The normalized spacial score (nSPS) is 10.2. The number of aryl methyl sites for hydroxylation is 1. The van der Waals surface area contributed by atoms with Crippen LogP contribution in [0.2, 0.25) is 5.02 Å². The van der Waals surface area contributed by atoms with E-state index in [1.54, 1.807) is 12.4 Å². The second kappa shape index (κ2) is 5.71. The summed E-state index contributed by atoms with van der Waals surface area (Å²) in [4.78, 5) is 15.1. The van der Waals surface area contributed by atoms with Crippen molar-refractivity contribution in [1.29, 1.82) is 0 Å². The predicted octanol–water partition coefficient (Wildman–Crippen LogP) is 3.32. The van der Waals surface area contributed by atoms with Crippen LogP contribution in [-0.4, -0.2) is 16.1 Å². The summed E-state index contributed by atoms with van der Waals surface area (Å²) in [6.45, 7) is 2.17. The zero-order valence-electron chi connectivity index (χ0n) is 10.3. The molecular weight excluding hydrogens is 266 g/mol. The number of nitrogens with zero attached hydrogens (tertiary/aromatic N) is 1. The molecule has 5 heteroatoms. The number of halogens is 1. The highest BCUT2D eigenvalue weighted by atomic mass is 35.5. The van der Waals surface area contributed by atoms with Gasteiger partial charge >= 0.3 is 5.97 Å². The lowest BCUT2D eigenvalue weighted by atomic mass is 10.2. The number of rotatable bonds is 4. The number of hydrogen-bond donors (Lipinski definition) is 1. The van der Waals surface area contributed by atoms with Crippen LogP contribution in [0, 0.1) is 6.92 Å². The van der Waals surface area contributed by atoms with Crippen LogP contribution in [0.25, 0.3) is 0 Å². The van der Waals surface area contributed by atoms with Crippen molar-refractivity contribution in [2.75, 3.05) is 0 Å². The molecule has 0 atom stereocenters. The SMILES string of the molecule is Cc1cncc(COc2cc(Cl)ccc2C(=O)O)c1. The molecule has 2 aromatic rings. The van der Waals surface area contributed by atoms with Crippen molar-refractivity contribution in [1.82, 2.24) is 4.98 Å². The Bertz CT molecular complexity index is 613. The molecule has 19 heavy (non-hydrogen) atoms. The van der Waals surface area contributed by atoms with E-state index in [9.17, 15) is 4.79 Å². The number of carboxylic acids is 1. The molecule has 4 nitrogen and oxygen atoms in total. The first-order valence-electron chi connectivity index (χ1n) is 5.62. The number of benzene rings is 1. The van der Waals surface area contributed by atoms with E-state index in [0.29, 0.717) is 5.02 Å². The Hall–Kier alpha value is -2.07. The largest absolute Gasteiger partial charge is 0.488 e. The molecule has 0 amide bonds. The number of carbonyl (C=O) groups is 1. The van der Waals surface area contributed by atoms with Crippen LogP contribution in [0.5, 0.6) is 5.75 Å². The van der Waals surface area contributed by atoms with Gasteiger partial charge in [0, 0.05) is 23.0 Å². The fraction of sp³-hybridized carbons (Fsp3) is 0.143. The molecule has 2 rings (SSSR count). The molecule has 1 N–H and O–H groups in total. The van der Waals surface area contributed by atoms with Crippen LogP contribution in [0.3, 0.4) is 0 Å². The number of aromatic carboxylic acids is 1. The molecule has 0 bridgehead atoms. The molecule has 0 saturated carbocycles. The van der Waals surface area contributed by atoms with Gasteiger partial charge in [0.2, 0.25) is 0 Å². The third kappa shape index (κ3) is 3.45. The van der Waals surface area contributed by atoms with Gasteiger partial charge in [0.25, 0.3) is 0 Å². The minimum absolute atomic E-state index is 0.0880. The second-order valence-electron chi connectivity index (χ2n) is 4.10. The van der Waals surface area contributed by atoms with Crippen molar-refractivity contribution in [3.63, 3.8) is 0 Å². The fourth-order valence-electron chi connectivity index (χ4n) is 1.65. The standard InChI is InChI=1S/C14H12ClNO3/c1-9-4-10(7-16-6-9)8-19-13-5-11(15)2-3-12(13)14(17)18/h2-7H,8H2,1H3,(H,17,18). The summed E-state index contributed by atoms with van der Waals surface area (Å²) in [5.41, 5.74) is 1.98. The summed E-state index contributed by atoms with van der Waals surface area (Å²) in [6, 6.07) is 6.37. The van der Waals surface area contributed by atoms with Crippen molar-refractivity contribution in [3.8, 4) is 5.75 Å². The summed E-state index contributed by atoms with van der Waals surface area (Å²) in [7, 11) is 0. The highest BCUT2D eigenvalue weighted by Crippen LogP contribution is 2.24. The van der Waals surface area contributed by atoms with Gasteiger partial charge in [-0.05, 0) is 36.8 Å². The smallest absolute Gasteiger partial charge is 0.339 e. The van der Waals surface area contributed by atoms with Crippen molar-refractivity contribution in [2.24, 2.45) is 0 Å². The molecule has 0 aliphatic carbocycles. The van der Waals surface area contributed by atoms with Gasteiger partial charge in [0.1, 0.15) is 17.9 Å². The minimum Gasteiger partial charge on any atom is -0.488 e. The first kappa shape index (κ1) is 13.4. The van der Waals surface area contributed by atoms with Crippen LogP contribution < -0.4 is 4.74 Å². The molecule has 0 radical (unpaired) electrons. The van der Waals surface area contributed by atoms with Gasteiger partial charge in [0.15, 0.2) is 0 Å². The Labute approximate surface area is 115 Å². The van der Waals surface area contributed by atoms with Crippen LogP contribution in [0.4, 0.5) is 0 Å². The number of ether oxygens (including phenoxy) is 1. The maximum atomic E-state index is 11.1. The van der Waals surface area contributed by atoms with Crippen LogP contribution in [-0.2, 0) is 6.61 Å². The van der Waals surface area contributed by atoms with Crippen LogP contribution in [0.15, 0.2) is 36.7 Å². The van der Waals surface area contributed by atoms with Crippen molar-refractivity contribution < 1.29 is 14.6 Å². The van der Waals surface area contributed by atoms with E-state index in [0.717, 1.165) is 11.1 Å². The average Bonchev–Trinajstić information content (AvgIpc) is 2.36. The maximum Gasteiger partial charge on any atom is 0.339 e. The molecule has 98 valence electrons.